The van der Waals surface area contributed by atoms with Crippen molar-refractivity contribution >= 4 is 0 Å². The smallest absolute Gasteiger partial charge is 0.163 e. The lowest BCUT2D eigenvalue weighted by Gasteiger charge is -2.30. The highest BCUT2D eigenvalue weighted by Gasteiger charge is 2.52. The first-order valence-electron chi connectivity index (χ1n) is 21.5. The van der Waals surface area contributed by atoms with Gasteiger partial charge in [-0.25, -0.2) is 15.0 Å². The maximum atomic E-state index is 5.13. The molecule has 63 heavy (non-hydrogen) atoms. The Morgan fingerprint density at radius 3 is 1.59 bits per heavy atom. The van der Waals surface area contributed by atoms with Crippen LogP contribution in [0.25, 0.3) is 89.5 Å². The molecule has 0 N–H and O–H groups in total. The summed E-state index contributed by atoms with van der Waals surface area (Å²) < 4.78 is 0. The third-order valence-electron chi connectivity index (χ3n) is 13.0. The molecular formula is C59H40N4. The van der Waals surface area contributed by atoms with E-state index in [0.717, 1.165) is 39.1 Å². The van der Waals surface area contributed by atoms with Gasteiger partial charge in [-0.3, -0.25) is 4.98 Å². The number of aryl methyl sites for hydroxylation is 2. The second-order valence-electron chi connectivity index (χ2n) is 16.6. The normalized spacial score (nSPS) is 14.3. The third kappa shape index (κ3) is 5.76. The van der Waals surface area contributed by atoms with E-state index < -0.39 is 5.41 Å². The maximum Gasteiger partial charge on any atom is 0.163 e. The molecule has 0 amide bonds. The fourth-order valence-electron chi connectivity index (χ4n) is 10.3. The summed E-state index contributed by atoms with van der Waals surface area (Å²) in [5.74, 6) is 2.01. The molecular weight excluding hydrogens is 765 g/mol. The van der Waals surface area contributed by atoms with Crippen LogP contribution in [0.5, 0.6) is 0 Å². The van der Waals surface area contributed by atoms with E-state index in [9.17, 15) is 0 Å². The highest BCUT2D eigenvalue weighted by Crippen LogP contribution is 2.64. The van der Waals surface area contributed by atoms with E-state index in [1.165, 1.54) is 66.8 Å². The van der Waals surface area contributed by atoms with E-state index in [-0.39, 0.29) is 0 Å². The van der Waals surface area contributed by atoms with Gasteiger partial charge in [0.05, 0.1) is 5.41 Å². The van der Waals surface area contributed by atoms with Gasteiger partial charge in [0.25, 0.3) is 0 Å². The zero-order chi connectivity index (χ0) is 42.1. The average molecular weight is 805 g/mol. The molecule has 2 aliphatic rings. The van der Waals surface area contributed by atoms with Crippen LogP contribution in [0.3, 0.4) is 0 Å². The number of nitrogens with zero attached hydrogens (tertiary/aromatic N) is 4. The first-order valence-corrected chi connectivity index (χ1v) is 21.5. The van der Waals surface area contributed by atoms with Gasteiger partial charge in [0.15, 0.2) is 11.6 Å². The van der Waals surface area contributed by atoms with Crippen LogP contribution in [-0.4, -0.2) is 19.9 Å². The Morgan fingerprint density at radius 1 is 0.317 bits per heavy atom. The van der Waals surface area contributed by atoms with Crippen molar-refractivity contribution in [1.82, 2.24) is 19.9 Å². The van der Waals surface area contributed by atoms with Crippen LogP contribution in [-0.2, 0) is 5.41 Å². The summed E-state index contributed by atoms with van der Waals surface area (Å²) in [5, 5.41) is 0. The lowest BCUT2D eigenvalue weighted by Crippen LogP contribution is -2.25. The van der Waals surface area contributed by atoms with E-state index in [1.807, 2.05) is 19.2 Å². The summed E-state index contributed by atoms with van der Waals surface area (Å²) in [6.45, 7) is 4.03. The van der Waals surface area contributed by atoms with E-state index in [4.69, 9.17) is 19.9 Å². The standard InChI is InChI=1S/C59H40N4/c1-37-33-49(51(36-60-37)40-19-7-4-8-20-40)45-24-10-9-23-44(45)47-27-16-30-55-56(47)48-26-12-14-29-53(48)59(55)52-28-13-11-25-46(52)50-35-43(31-32-54(50)59)58-62-38(2)61-57(63-58)42-22-15-21-41(34-42)39-17-5-3-6-18-39/h3-36H,1-2H3. The molecule has 4 heteroatoms. The van der Waals surface area contributed by atoms with Crippen LogP contribution in [0.15, 0.2) is 206 Å². The van der Waals surface area contributed by atoms with E-state index >= 15 is 0 Å². The Bertz CT molecular complexity index is 3430. The maximum absolute atomic E-state index is 5.13. The van der Waals surface area contributed by atoms with Crippen molar-refractivity contribution in [3.8, 4) is 89.5 Å². The average Bonchev–Trinajstić information content (AvgIpc) is 3.81. The minimum Gasteiger partial charge on any atom is -0.261 e. The van der Waals surface area contributed by atoms with Gasteiger partial charge in [-0.05, 0) is 115 Å². The Kier molecular flexibility index (Phi) is 8.48. The number of pyridine rings is 1. The van der Waals surface area contributed by atoms with Gasteiger partial charge in [-0.1, -0.05) is 182 Å². The molecule has 8 aromatic carbocycles. The molecule has 12 rings (SSSR count). The third-order valence-corrected chi connectivity index (χ3v) is 13.0. The SMILES string of the molecule is Cc1cc(-c2ccccc2-c2cccc3c2-c2ccccc2C32c3ccccc3-c3cc(-c4nc(C)nc(-c5cccc(-c6ccccc6)c5)n4)ccc32)c(-c2ccccc2)cn1. The van der Waals surface area contributed by atoms with E-state index in [0.29, 0.717) is 17.5 Å². The second-order valence-corrected chi connectivity index (χ2v) is 16.6. The molecule has 1 unspecified atom stereocenters. The Balaban J connectivity index is 1.03. The zero-order valence-corrected chi connectivity index (χ0v) is 34.9. The minimum absolute atomic E-state index is 0.526. The van der Waals surface area contributed by atoms with Crippen LogP contribution < -0.4 is 0 Å². The zero-order valence-electron chi connectivity index (χ0n) is 34.9. The number of fused-ring (bicyclic) bond motifs is 10. The van der Waals surface area contributed by atoms with Crippen LogP contribution in [0, 0.1) is 13.8 Å². The largest absolute Gasteiger partial charge is 0.261 e. The van der Waals surface area contributed by atoms with Crippen molar-refractivity contribution in [3.63, 3.8) is 0 Å². The highest BCUT2D eigenvalue weighted by molar-refractivity contribution is 6.03. The molecule has 0 saturated heterocycles. The number of hydrogen-bond acceptors (Lipinski definition) is 4. The molecule has 10 aromatic rings. The molecule has 2 heterocycles. The molecule has 0 radical (unpaired) electrons. The summed E-state index contributed by atoms with van der Waals surface area (Å²) in [6, 6.07) is 72.4. The van der Waals surface area contributed by atoms with Crippen molar-refractivity contribution in [2.24, 2.45) is 0 Å². The predicted octanol–water partition coefficient (Wildman–Crippen LogP) is 14.2. The van der Waals surface area contributed by atoms with Gasteiger partial charge < -0.3 is 0 Å². The first kappa shape index (κ1) is 36.7. The summed E-state index contributed by atoms with van der Waals surface area (Å²) >= 11 is 0. The number of hydrogen-bond donors (Lipinski definition) is 0. The predicted molar refractivity (Wildman–Crippen MR) is 256 cm³/mol. The Morgan fingerprint density at radius 2 is 0.841 bits per heavy atom. The van der Waals surface area contributed by atoms with E-state index in [1.54, 1.807) is 0 Å². The molecule has 1 spiro atoms. The number of aromatic nitrogens is 4. The van der Waals surface area contributed by atoms with Gasteiger partial charge in [-0.15, -0.1) is 0 Å². The second kappa shape index (κ2) is 14.5. The molecule has 0 fully saturated rings. The van der Waals surface area contributed by atoms with Gasteiger partial charge in [-0.2, -0.15) is 0 Å². The Labute approximate surface area is 367 Å². The quantitative estimate of drug-likeness (QED) is 0.168. The lowest BCUT2D eigenvalue weighted by molar-refractivity contribution is 0.794. The summed E-state index contributed by atoms with van der Waals surface area (Å²) in [4.78, 5) is 19.7. The molecule has 4 nitrogen and oxygen atoms in total. The summed E-state index contributed by atoms with van der Waals surface area (Å²) in [7, 11) is 0. The number of rotatable bonds is 6. The Hall–Kier alpha value is -8.08. The van der Waals surface area contributed by atoms with Gasteiger partial charge in [0, 0.05) is 28.6 Å². The lowest BCUT2D eigenvalue weighted by atomic mass is 9.70. The van der Waals surface area contributed by atoms with Crippen LogP contribution in [0.4, 0.5) is 0 Å². The molecule has 2 aliphatic carbocycles. The first-order chi connectivity index (χ1) is 31.1. The fraction of sp³-hybridized carbons (Fsp3) is 0.0508. The number of benzene rings is 8. The molecule has 0 saturated carbocycles. The topological polar surface area (TPSA) is 51.6 Å². The molecule has 1 atom stereocenters. The van der Waals surface area contributed by atoms with Crippen molar-refractivity contribution in [1.29, 1.82) is 0 Å². The van der Waals surface area contributed by atoms with E-state index in [2.05, 4.69) is 201 Å². The van der Waals surface area contributed by atoms with Gasteiger partial charge >= 0.3 is 0 Å². The molecule has 0 aliphatic heterocycles. The van der Waals surface area contributed by atoms with Crippen molar-refractivity contribution in [3.05, 3.63) is 240 Å². The van der Waals surface area contributed by atoms with Crippen LogP contribution >= 0.6 is 0 Å². The van der Waals surface area contributed by atoms with Crippen LogP contribution in [0.2, 0.25) is 0 Å². The van der Waals surface area contributed by atoms with Crippen LogP contribution in [0.1, 0.15) is 33.8 Å². The molecule has 0 bridgehead atoms. The fourth-order valence-corrected chi connectivity index (χ4v) is 10.3. The van der Waals surface area contributed by atoms with Crippen molar-refractivity contribution < 1.29 is 0 Å². The summed E-state index contributed by atoms with van der Waals surface area (Å²) in [6.07, 6.45) is 2.03. The molecule has 296 valence electrons. The van der Waals surface area contributed by atoms with Gasteiger partial charge in [0.2, 0.25) is 0 Å². The summed E-state index contributed by atoms with van der Waals surface area (Å²) in [5.41, 5.74) is 21.8. The highest BCUT2D eigenvalue weighted by atomic mass is 15.0. The van der Waals surface area contributed by atoms with Crippen molar-refractivity contribution in [2.75, 3.05) is 0 Å². The monoisotopic (exact) mass is 804 g/mol. The minimum atomic E-state index is -0.526. The van der Waals surface area contributed by atoms with Crippen molar-refractivity contribution in [2.45, 2.75) is 19.3 Å². The molecule has 2 aromatic heterocycles. The van der Waals surface area contributed by atoms with Gasteiger partial charge in [0.1, 0.15) is 5.82 Å².